The molecule has 0 radical (unpaired) electrons. The second-order valence-electron chi connectivity index (χ2n) is 1.93. The Morgan fingerprint density at radius 3 is 2.11 bits per heavy atom. The summed E-state index contributed by atoms with van der Waals surface area (Å²) in [4.78, 5) is 0. The molecule has 0 aromatic rings. The molecule has 0 atom stereocenters. The second-order valence-corrected chi connectivity index (χ2v) is 7.65. The van der Waals surface area contributed by atoms with Gasteiger partial charge in [-0.1, -0.05) is 0 Å². The predicted molar refractivity (Wildman–Crippen MR) is 43.9 cm³/mol. The average molecular weight is 185 g/mol. The van der Waals surface area contributed by atoms with Crippen LogP contribution in [0.25, 0.3) is 0 Å². The third-order valence-corrected chi connectivity index (χ3v) is 3.35. The first-order chi connectivity index (χ1) is 3.98. The van der Waals surface area contributed by atoms with Gasteiger partial charge in [-0.15, -0.1) is 28.7 Å². The molecule has 0 N–H and O–H groups in total. The van der Waals surface area contributed by atoms with Gasteiger partial charge in [-0.2, -0.15) is 0 Å². The van der Waals surface area contributed by atoms with Crippen LogP contribution in [0.2, 0.25) is 0 Å². The lowest BCUT2D eigenvalue weighted by atomic mass is 10.5. The third-order valence-electron chi connectivity index (χ3n) is 0.630. The van der Waals surface area contributed by atoms with Crippen molar-refractivity contribution in [3.8, 4) is 0 Å². The maximum atomic E-state index is 5.68. The van der Waals surface area contributed by atoms with E-state index >= 15 is 0 Å². The highest BCUT2D eigenvalue weighted by atomic mass is 35.7. The van der Waals surface area contributed by atoms with Gasteiger partial charge in [0.25, 0.3) is 0 Å². The minimum absolute atomic E-state index is 0.0738. The lowest BCUT2D eigenvalue weighted by Crippen LogP contribution is -2.25. The van der Waals surface area contributed by atoms with Crippen LogP contribution >= 0.6 is 22.2 Å². The molecule has 9 heavy (non-hydrogen) atoms. The molecule has 0 heterocycles. The molecule has 1 nitrogen and oxygen atoms in total. The van der Waals surface area contributed by atoms with Crippen LogP contribution in [0.15, 0.2) is 12.3 Å². The van der Waals surface area contributed by atoms with Gasteiger partial charge in [-0.3, -0.25) is 0 Å². The van der Waals surface area contributed by atoms with Gasteiger partial charge in [0.1, 0.15) is 0 Å². The highest BCUT2D eigenvalue weighted by Gasteiger charge is 2.26. The van der Waals surface area contributed by atoms with Crippen molar-refractivity contribution < 1.29 is 4.43 Å². The molecule has 4 heteroatoms. The van der Waals surface area contributed by atoms with Crippen LogP contribution < -0.4 is 0 Å². The molecule has 0 unspecified atom stereocenters. The smallest absolute Gasteiger partial charge is 0.387 e. The lowest BCUT2D eigenvalue weighted by molar-refractivity contribution is 0.251. The summed E-state index contributed by atoms with van der Waals surface area (Å²) >= 11 is 11.4. The first-order valence-corrected chi connectivity index (χ1v) is 6.68. The minimum atomic E-state index is -2.53. The largest absolute Gasteiger partial charge is 0.415 e. The van der Waals surface area contributed by atoms with E-state index in [1.54, 1.807) is 0 Å². The van der Waals surface area contributed by atoms with Crippen molar-refractivity contribution >= 4 is 29.1 Å². The Hall–Kier alpha value is 0.497. The summed E-state index contributed by atoms with van der Waals surface area (Å²) in [5.41, 5.74) is 1.48. The van der Waals surface area contributed by atoms with Crippen LogP contribution in [0.5, 0.6) is 0 Å². The van der Waals surface area contributed by atoms with Gasteiger partial charge in [0.2, 0.25) is 0 Å². The van der Waals surface area contributed by atoms with Crippen molar-refractivity contribution in [3.05, 3.63) is 12.3 Å². The van der Waals surface area contributed by atoms with Gasteiger partial charge in [0, 0.05) is 6.10 Å². The van der Waals surface area contributed by atoms with Crippen molar-refractivity contribution in [1.82, 2.24) is 0 Å². The Morgan fingerprint density at radius 2 is 2.00 bits per heavy atom. The summed E-state index contributed by atoms with van der Waals surface area (Å²) in [6, 6.07) is 0. The fourth-order valence-electron chi connectivity index (χ4n) is 0.362. The molecule has 0 rings (SSSR count). The topological polar surface area (TPSA) is 9.23 Å². The van der Waals surface area contributed by atoms with E-state index in [1.165, 1.54) is 5.70 Å². The van der Waals surface area contributed by atoms with Crippen molar-refractivity contribution in [2.45, 2.75) is 20.0 Å². The van der Waals surface area contributed by atoms with E-state index in [4.69, 9.17) is 26.6 Å². The molecular weight excluding hydrogens is 175 g/mol. The van der Waals surface area contributed by atoms with Crippen molar-refractivity contribution in [1.29, 1.82) is 0 Å². The van der Waals surface area contributed by atoms with Gasteiger partial charge in [0.05, 0.1) is 0 Å². The predicted octanol–water partition coefficient (Wildman–Crippen LogP) is 2.55. The van der Waals surface area contributed by atoms with E-state index in [0.29, 0.717) is 0 Å². The Balaban J connectivity index is 3.71. The van der Waals surface area contributed by atoms with E-state index in [1.807, 2.05) is 13.8 Å². The van der Waals surface area contributed by atoms with E-state index in [9.17, 15) is 0 Å². The molecule has 0 saturated heterocycles. The van der Waals surface area contributed by atoms with Crippen LogP contribution in [0.1, 0.15) is 13.8 Å². The Kier molecular flexibility index (Phi) is 3.81. The summed E-state index contributed by atoms with van der Waals surface area (Å²) in [5.74, 6) is 0. The highest BCUT2D eigenvalue weighted by molar-refractivity contribution is 7.44. The van der Waals surface area contributed by atoms with Gasteiger partial charge in [-0.05, 0) is 19.5 Å². The standard InChI is InChI=1S/C5H10Cl2OSi/c1-4-9(6,7)8-5(2)3/h4-5H,1H2,2-3H3. The molecule has 0 aromatic heterocycles. The maximum absolute atomic E-state index is 5.68. The summed E-state index contributed by atoms with van der Waals surface area (Å²) in [6.45, 7) is 4.70. The second kappa shape index (κ2) is 3.61. The van der Waals surface area contributed by atoms with E-state index < -0.39 is 6.94 Å². The van der Waals surface area contributed by atoms with Crippen LogP contribution in [-0.4, -0.2) is 13.0 Å². The van der Waals surface area contributed by atoms with Gasteiger partial charge < -0.3 is 4.43 Å². The average Bonchev–Trinajstić information content (AvgIpc) is 1.63. The summed E-state index contributed by atoms with van der Waals surface area (Å²) in [6.07, 6.45) is 0.0738. The molecule has 0 fully saturated rings. The maximum Gasteiger partial charge on any atom is 0.415 e. The summed E-state index contributed by atoms with van der Waals surface area (Å²) < 4.78 is 5.14. The Morgan fingerprint density at radius 1 is 1.56 bits per heavy atom. The molecule has 0 amide bonds. The van der Waals surface area contributed by atoms with Crippen molar-refractivity contribution in [3.63, 3.8) is 0 Å². The Bertz CT molecular complexity index is 103. The number of halogens is 2. The molecule has 0 aromatic carbocycles. The van der Waals surface area contributed by atoms with Crippen LogP contribution in [0.4, 0.5) is 0 Å². The number of hydrogen-bond acceptors (Lipinski definition) is 1. The minimum Gasteiger partial charge on any atom is -0.387 e. The van der Waals surface area contributed by atoms with E-state index in [0.717, 1.165) is 0 Å². The molecule has 0 aliphatic heterocycles. The van der Waals surface area contributed by atoms with E-state index in [-0.39, 0.29) is 6.10 Å². The number of rotatable bonds is 3. The molecule has 0 aliphatic rings. The van der Waals surface area contributed by atoms with E-state index in [2.05, 4.69) is 6.58 Å². The fraction of sp³-hybridized carbons (Fsp3) is 0.600. The van der Waals surface area contributed by atoms with Crippen LogP contribution in [0, 0.1) is 0 Å². The fourth-order valence-corrected chi connectivity index (χ4v) is 2.16. The zero-order valence-corrected chi connectivity index (χ0v) is 8.04. The molecule has 0 aliphatic carbocycles. The lowest BCUT2D eigenvalue weighted by Gasteiger charge is -2.15. The first-order valence-electron chi connectivity index (χ1n) is 2.67. The SMILES string of the molecule is C=C[Si](Cl)(Cl)OC(C)C. The zero-order chi connectivity index (χ0) is 7.49. The third kappa shape index (κ3) is 4.97. The summed E-state index contributed by atoms with van der Waals surface area (Å²) in [5, 5.41) is 0. The molecule has 0 spiro atoms. The van der Waals surface area contributed by atoms with Gasteiger partial charge in [-0.25, -0.2) is 0 Å². The van der Waals surface area contributed by atoms with Crippen molar-refractivity contribution in [2.75, 3.05) is 0 Å². The van der Waals surface area contributed by atoms with Crippen LogP contribution in [-0.2, 0) is 4.43 Å². The molecule has 0 saturated carbocycles. The number of hydrogen-bond donors (Lipinski definition) is 0. The van der Waals surface area contributed by atoms with Gasteiger partial charge in [0.15, 0.2) is 0 Å². The molecule has 0 bridgehead atoms. The monoisotopic (exact) mass is 184 g/mol. The Labute approximate surface area is 66.1 Å². The van der Waals surface area contributed by atoms with Gasteiger partial charge >= 0.3 is 6.94 Å². The van der Waals surface area contributed by atoms with Crippen LogP contribution in [0.3, 0.4) is 0 Å². The summed E-state index contributed by atoms with van der Waals surface area (Å²) in [7, 11) is 0. The quantitative estimate of drug-likeness (QED) is 0.485. The molecule has 54 valence electrons. The normalized spacial score (nSPS) is 12.1. The first kappa shape index (κ1) is 9.50. The highest BCUT2D eigenvalue weighted by Crippen LogP contribution is 2.18. The van der Waals surface area contributed by atoms with Crippen molar-refractivity contribution in [2.24, 2.45) is 0 Å². The molecular formula is C5H10Cl2OSi. The zero-order valence-electron chi connectivity index (χ0n) is 5.53.